The molecule has 0 fully saturated rings. The number of nitrogens with one attached hydrogen (secondary N) is 1. The third-order valence-corrected chi connectivity index (χ3v) is 5.98. The number of hydrogen-bond acceptors (Lipinski definition) is 4. The summed E-state index contributed by atoms with van der Waals surface area (Å²) < 4.78 is 27.3. The number of aryl methyl sites for hydroxylation is 2. The fourth-order valence-corrected chi connectivity index (χ4v) is 4.04. The number of thiophene rings is 1. The van der Waals surface area contributed by atoms with Crippen molar-refractivity contribution in [1.82, 2.24) is 4.72 Å². The fraction of sp³-hybridized carbons (Fsp3) is 0.333. The molecule has 0 radical (unpaired) electrons. The van der Waals surface area contributed by atoms with Gasteiger partial charge in [-0.3, -0.25) is 0 Å². The molecule has 0 unspecified atom stereocenters. The predicted octanol–water partition coefficient (Wildman–Crippen LogP) is 2.56. The van der Waals surface area contributed by atoms with Gasteiger partial charge in [-0.2, -0.15) is 0 Å². The van der Waals surface area contributed by atoms with Crippen LogP contribution in [0.15, 0.2) is 35.2 Å². The maximum absolute atomic E-state index is 12.3. The second-order valence-electron chi connectivity index (χ2n) is 4.84. The molecule has 2 aromatic rings. The number of nitrogens with two attached hydrogens (primary N) is 1. The molecule has 1 heterocycles. The zero-order valence-corrected chi connectivity index (χ0v) is 13.9. The van der Waals surface area contributed by atoms with Gasteiger partial charge in [0.25, 0.3) is 0 Å². The summed E-state index contributed by atoms with van der Waals surface area (Å²) in [6, 6.07) is 9.04. The maximum atomic E-state index is 12.3. The molecule has 3 N–H and O–H groups in total. The Labute approximate surface area is 130 Å². The summed E-state index contributed by atoms with van der Waals surface area (Å²) in [4.78, 5) is 2.53. The van der Waals surface area contributed by atoms with E-state index in [4.69, 9.17) is 5.73 Å². The molecule has 21 heavy (non-hydrogen) atoms. The molecule has 0 bridgehead atoms. The predicted molar refractivity (Wildman–Crippen MR) is 86.8 cm³/mol. The van der Waals surface area contributed by atoms with E-state index in [1.807, 2.05) is 19.1 Å². The first-order chi connectivity index (χ1) is 9.96. The monoisotopic (exact) mass is 324 g/mol. The lowest BCUT2D eigenvalue weighted by atomic mass is 10.1. The van der Waals surface area contributed by atoms with Crippen molar-refractivity contribution in [3.05, 3.63) is 51.2 Å². The lowest BCUT2D eigenvalue weighted by Crippen LogP contribution is -2.23. The van der Waals surface area contributed by atoms with E-state index < -0.39 is 10.0 Å². The summed E-state index contributed by atoms with van der Waals surface area (Å²) in [5, 5.41) is 0. The normalized spacial score (nSPS) is 11.8. The minimum absolute atomic E-state index is 0.265. The number of benzene rings is 1. The van der Waals surface area contributed by atoms with E-state index in [0.29, 0.717) is 13.1 Å². The molecule has 114 valence electrons. The molecule has 0 amide bonds. The Balaban J connectivity index is 2.14. The largest absolute Gasteiger partial charge is 0.326 e. The van der Waals surface area contributed by atoms with Gasteiger partial charge in [0.15, 0.2) is 0 Å². The first kappa shape index (κ1) is 16.2. The van der Waals surface area contributed by atoms with Gasteiger partial charge in [0.2, 0.25) is 10.0 Å². The van der Waals surface area contributed by atoms with E-state index >= 15 is 0 Å². The first-order valence-corrected chi connectivity index (χ1v) is 9.13. The van der Waals surface area contributed by atoms with Gasteiger partial charge in [-0.05, 0) is 48.7 Å². The molecule has 0 aliphatic rings. The average molecular weight is 324 g/mol. The van der Waals surface area contributed by atoms with Crippen LogP contribution < -0.4 is 10.5 Å². The highest BCUT2D eigenvalue weighted by Crippen LogP contribution is 2.19. The molecule has 1 aromatic heterocycles. The van der Waals surface area contributed by atoms with E-state index in [1.165, 1.54) is 4.88 Å². The van der Waals surface area contributed by atoms with Crippen molar-refractivity contribution in [3.63, 3.8) is 0 Å². The highest BCUT2D eigenvalue weighted by molar-refractivity contribution is 7.89. The summed E-state index contributed by atoms with van der Waals surface area (Å²) in [5.41, 5.74) is 7.48. The smallest absolute Gasteiger partial charge is 0.240 e. The van der Waals surface area contributed by atoms with Crippen LogP contribution in [0.1, 0.15) is 27.8 Å². The second-order valence-corrected chi connectivity index (χ2v) is 7.86. The van der Waals surface area contributed by atoms with E-state index in [9.17, 15) is 8.42 Å². The molecule has 0 spiro atoms. The van der Waals surface area contributed by atoms with Gasteiger partial charge in [0.1, 0.15) is 0 Å². The van der Waals surface area contributed by atoms with Crippen LogP contribution in [0.4, 0.5) is 0 Å². The minimum Gasteiger partial charge on any atom is -0.326 e. The molecular formula is C15H20N2O2S2. The van der Waals surface area contributed by atoms with Gasteiger partial charge in [0, 0.05) is 22.8 Å². The van der Waals surface area contributed by atoms with Gasteiger partial charge in [0.05, 0.1) is 4.90 Å². The molecule has 0 saturated heterocycles. The second kappa shape index (κ2) is 6.70. The Hall–Kier alpha value is -1.21. The molecule has 0 aliphatic heterocycles. The Morgan fingerprint density at radius 1 is 1.19 bits per heavy atom. The summed E-state index contributed by atoms with van der Waals surface area (Å²) in [7, 11) is -3.50. The highest BCUT2D eigenvalue weighted by Gasteiger charge is 2.15. The molecule has 4 nitrogen and oxygen atoms in total. The molecule has 0 aliphatic carbocycles. The highest BCUT2D eigenvalue weighted by atomic mass is 32.2. The third-order valence-electron chi connectivity index (χ3n) is 3.35. The summed E-state index contributed by atoms with van der Waals surface area (Å²) in [6.07, 6.45) is 0.967. The van der Waals surface area contributed by atoms with Crippen molar-refractivity contribution in [2.24, 2.45) is 5.73 Å². The maximum Gasteiger partial charge on any atom is 0.240 e. The Bertz CT molecular complexity index is 721. The van der Waals surface area contributed by atoms with Crippen LogP contribution in [0.3, 0.4) is 0 Å². The number of rotatable bonds is 6. The molecule has 6 heteroatoms. The van der Waals surface area contributed by atoms with Gasteiger partial charge in [-0.1, -0.05) is 13.0 Å². The number of hydrogen-bond donors (Lipinski definition) is 2. The van der Waals surface area contributed by atoms with Crippen molar-refractivity contribution >= 4 is 21.4 Å². The van der Waals surface area contributed by atoms with E-state index in [0.717, 1.165) is 22.4 Å². The first-order valence-electron chi connectivity index (χ1n) is 6.83. The lowest BCUT2D eigenvalue weighted by Gasteiger charge is -2.09. The molecule has 0 saturated carbocycles. The van der Waals surface area contributed by atoms with Crippen LogP contribution in [-0.4, -0.2) is 8.42 Å². The Morgan fingerprint density at radius 2 is 1.90 bits per heavy atom. The van der Waals surface area contributed by atoms with E-state index in [2.05, 4.69) is 11.6 Å². The van der Waals surface area contributed by atoms with Crippen LogP contribution in [-0.2, 0) is 29.5 Å². The van der Waals surface area contributed by atoms with Crippen LogP contribution in [0.25, 0.3) is 0 Å². The molecule has 2 rings (SSSR count). The summed E-state index contributed by atoms with van der Waals surface area (Å²) in [5.74, 6) is 0. The average Bonchev–Trinajstić information content (AvgIpc) is 2.93. The van der Waals surface area contributed by atoms with Crippen molar-refractivity contribution in [3.8, 4) is 0 Å². The quantitative estimate of drug-likeness (QED) is 0.858. The SMILES string of the molecule is CCc1ccc(CNS(=O)(=O)c2ccc(C)c(CN)c2)s1. The van der Waals surface area contributed by atoms with Crippen LogP contribution in [0.5, 0.6) is 0 Å². The van der Waals surface area contributed by atoms with Crippen molar-refractivity contribution < 1.29 is 8.42 Å². The van der Waals surface area contributed by atoms with Crippen molar-refractivity contribution in [1.29, 1.82) is 0 Å². The van der Waals surface area contributed by atoms with E-state index in [-0.39, 0.29) is 4.90 Å². The van der Waals surface area contributed by atoms with Gasteiger partial charge >= 0.3 is 0 Å². The Kier molecular flexibility index (Phi) is 5.16. The fourth-order valence-electron chi connectivity index (χ4n) is 1.99. The van der Waals surface area contributed by atoms with Crippen molar-refractivity contribution in [2.75, 3.05) is 0 Å². The standard InChI is InChI=1S/C15H20N2O2S2/c1-3-13-5-6-14(20-13)10-17-21(18,19)15-7-4-11(2)12(8-15)9-16/h4-8,17H,3,9-10,16H2,1-2H3. The lowest BCUT2D eigenvalue weighted by molar-refractivity contribution is 0.581. The van der Waals surface area contributed by atoms with Gasteiger partial charge < -0.3 is 5.73 Å². The zero-order valence-electron chi connectivity index (χ0n) is 12.2. The van der Waals surface area contributed by atoms with Gasteiger partial charge in [-0.25, -0.2) is 13.1 Å². The minimum atomic E-state index is -3.50. The molecule has 1 aromatic carbocycles. The van der Waals surface area contributed by atoms with Crippen LogP contribution >= 0.6 is 11.3 Å². The van der Waals surface area contributed by atoms with Crippen LogP contribution in [0, 0.1) is 6.92 Å². The molecule has 0 atom stereocenters. The third kappa shape index (κ3) is 3.91. The van der Waals surface area contributed by atoms with Crippen LogP contribution in [0.2, 0.25) is 0 Å². The summed E-state index contributed by atoms with van der Waals surface area (Å²) >= 11 is 1.63. The van der Waals surface area contributed by atoms with Gasteiger partial charge in [-0.15, -0.1) is 11.3 Å². The van der Waals surface area contributed by atoms with Crippen molar-refractivity contribution in [2.45, 2.75) is 38.3 Å². The van der Waals surface area contributed by atoms with E-state index in [1.54, 1.807) is 29.5 Å². The molecular weight excluding hydrogens is 304 g/mol. The summed E-state index contributed by atoms with van der Waals surface area (Å²) in [6.45, 7) is 4.66. The zero-order chi connectivity index (χ0) is 15.5. The topological polar surface area (TPSA) is 72.2 Å². The Morgan fingerprint density at radius 3 is 2.52 bits per heavy atom. The number of sulfonamides is 1.